The Bertz CT molecular complexity index is 1680. The molecule has 7 rings (SSSR count). The average Bonchev–Trinajstić information content (AvgIpc) is 3.43. The minimum Gasteiger partial charge on any atom is -0.368 e. The number of alkyl halides is 1. The highest BCUT2D eigenvalue weighted by Crippen LogP contribution is 2.50. The predicted octanol–water partition coefficient (Wildman–Crippen LogP) is 9.49. The van der Waals surface area contributed by atoms with Crippen LogP contribution in [0.2, 0.25) is 0 Å². The van der Waals surface area contributed by atoms with Gasteiger partial charge < -0.3 is 5.32 Å². The van der Waals surface area contributed by atoms with Gasteiger partial charge in [-0.1, -0.05) is 144 Å². The van der Waals surface area contributed by atoms with Crippen LogP contribution in [0.5, 0.6) is 0 Å². The van der Waals surface area contributed by atoms with E-state index in [9.17, 15) is 0 Å². The van der Waals surface area contributed by atoms with E-state index in [2.05, 4.69) is 155 Å². The largest absolute Gasteiger partial charge is 0.368 e. The Hall–Kier alpha value is -3.35. The summed E-state index contributed by atoms with van der Waals surface area (Å²) in [5.41, 5.74) is 8.56. The van der Waals surface area contributed by atoms with Crippen LogP contribution in [0.4, 0.5) is 5.69 Å². The summed E-state index contributed by atoms with van der Waals surface area (Å²) in [6, 6.07) is 43.4. The number of halogens is 1. The fraction of sp³-hybridized carbons (Fsp3) is 0.0882. The minimum atomic E-state index is 0.0306. The van der Waals surface area contributed by atoms with E-state index >= 15 is 0 Å². The molecule has 0 bridgehead atoms. The summed E-state index contributed by atoms with van der Waals surface area (Å²) < 4.78 is 0.227. The van der Waals surface area contributed by atoms with Gasteiger partial charge in [0.15, 0.2) is 0 Å². The van der Waals surface area contributed by atoms with E-state index in [0.717, 1.165) is 11.3 Å². The van der Waals surface area contributed by atoms with Gasteiger partial charge in [-0.15, -0.1) is 0 Å². The van der Waals surface area contributed by atoms with E-state index in [1.165, 1.54) is 43.6 Å². The Kier molecular flexibility index (Phi) is 6.30. The predicted molar refractivity (Wildman–Crippen MR) is 171 cm³/mol. The molecule has 2 aliphatic heterocycles. The number of anilines is 1. The van der Waals surface area contributed by atoms with Gasteiger partial charge in [0, 0.05) is 10.3 Å². The van der Waals surface area contributed by atoms with Gasteiger partial charge in [0.25, 0.3) is 0 Å². The molecule has 4 heteroatoms. The third-order valence-electron chi connectivity index (χ3n) is 7.29. The van der Waals surface area contributed by atoms with Crippen LogP contribution < -0.4 is 5.32 Å². The third-order valence-corrected chi connectivity index (χ3v) is 9.86. The quantitative estimate of drug-likeness (QED) is 0.160. The van der Waals surface area contributed by atoms with Crippen molar-refractivity contribution in [2.75, 3.05) is 5.32 Å². The molecule has 2 heterocycles. The zero-order chi connectivity index (χ0) is 25.5. The molecule has 0 fully saturated rings. The molecule has 184 valence electrons. The van der Waals surface area contributed by atoms with Crippen LogP contribution in [0.25, 0.3) is 16.3 Å². The summed E-state index contributed by atoms with van der Waals surface area (Å²) in [7, 11) is 0. The summed E-state index contributed by atoms with van der Waals surface area (Å²) in [6.07, 6.45) is 2.27. The van der Waals surface area contributed by atoms with Crippen LogP contribution in [0.1, 0.15) is 33.7 Å². The maximum Gasteiger partial charge on any atom is 0.103 e. The number of nitrogens with zero attached hydrogens (tertiary/aromatic N) is 1. The molecule has 1 N–H and O–H groups in total. The van der Waals surface area contributed by atoms with E-state index in [1.54, 1.807) is 0 Å². The highest BCUT2D eigenvalue weighted by molar-refractivity contribution is 14.1. The number of hydrogen-bond acceptors (Lipinski definition) is 3. The van der Waals surface area contributed by atoms with Gasteiger partial charge in [0.2, 0.25) is 0 Å². The third kappa shape index (κ3) is 4.36. The number of benzene rings is 5. The van der Waals surface area contributed by atoms with Crippen LogP contribution >= 0.6 is 34.4 Å². The fourth-order valence-electron chi connectivity index (χ4n) is 5.36. The lowest BCUT2D eigenvalue weighted by Crippen LogP contribution is -2.20. The second-order valence-electron chi connectivity index (χ2n) is 9.66. The van der Waals surface area contributed by atoms with Crippen molar-refractivity contribution in [2.45, 2.75) is 20.2 Å². The molecule has 3 unspecified atom stereocenters. The summed E-state index contributed by atoms with van der Waals surface area (Å²) in [6.45, 7) is 0. The van der Waals surface area contributed by atoms with E-state index in [0.29, 0.717) is 0 Å². The van der Waals surface area contributed by atoms with Gasteiger partial charge >= 0.3 is 0 Å². The molecule has 0 spiro atoms. The second kappa shape index (κ2) is 10.1. The van der Waals surface area contributed by atoms with Crippen molar-refractivity contribution in [3.63, 3.8) is 0 Å². The standard InChI is InChI=1S/C34H25IN2S/c35-31-28(22-10-4-1-5-11-22)21-29(23-12-6-2-7-13-23)36-32(31)26-16-18-27-25(20-26)17-19-30-33(27)37-34(38-30)24-14-8-3-9-15-24/h1-21,31-32,34,37H. The van der Waals surface area contributed by atoms with Crippen molar-refractivity contribution >= 4 is 62.1 Å². The average molecular weight is 621 g/mol. The SMILES string of the molecule is IC1C(c2ccccc2)=CC(c2ccccc2)=NC1c1ccc2c3c(ccc2c1)SC(c1ccccc1)N3. The number of thioether (sulfide) groups is 1. The monoisotopic (exact) mass is 620 g/mol. The van der Waals surface area contributed by atoms with E-state index < -0.39 is 0 Å². The van der Waals surface area contributed by atoms with Crippen LogP contribution in [-0.2, 0) is 0 Å². The lowest BCUT2D eigenvalue weighted by atomic mass is 9.89. The van der Waals surface area contributed by atoms with Crippen molar-refractivity contribution in [3.05, 3.63) is 150 Å². The van der Waals surface area contributed by atoms with Crippen molar-refractivity contribution in [1.82, 2.24) is 0 Å². The van der Waals surface area contributed by atoms with Crippen LogP contribution in [-0.4, -0.2) is 9.64 Å². The molecule has 0 saturated heterocycles. The topological polar surface area (TPSA) is 24.4 Å². The number of nitrogens with one attached hydrogen (secondary N) is 1. The molecule has 2 nitrogen and oxygen atoms in total. The van der Waals surface area contributed by atoms with Gasteiger partial charge in [-0.25, -0.2) is 0 Å². The van der Waals surface area contributed by atoms with Gasteiger partial charge in [0.05, 0.1) is 21.4 Å². The van der Waals surface area contributed by atoms with Gasteiger partial charge in [-0.05, 0) is 51.4 Å². The second-order valence-corrected chi connectivity index (χ2v) is 12.2. The molecule has 3 atom stereocenters. The minimum absolute atomic E-state index is 0.0306. The lowest BCUT2D eigenvalue weighted by molar-refractivity contribution is 0.780. The molecule has 0 aromatic heterocycles. The van der Waals surface area contributed by atoms with Crippen molar-refractivity contribution in [2.24, 2.45) is 4.99 Å². The highest BCUT2D eigenvalue weighted by Gasteiger charge is 2.30. The number of hydrogen-bond donors (Lipinski definition) is 1. The summed E-state index contributed by atoms with van der Waals surface area (Å²) in [5.74, 6) is 0. The Balaban J connectivity index is 1.28. The van der Waals surface area contributed by atoms with Gasteiger partial charge in [-0.3, -0.25) is 4.99 Å². The molecule has 0 radical (unpaired) electrons. The normalized spacial score (nSPS) is 20.4. The Morgan fingerprint density at radius 1 is 0.684 bits per heavy atom. The zero-order valence-electron chi connectivity index (χ0n) is 20.6. The van der Waals surface area contributed by atoms with Crippen molar-refractivity contribution in [1.29, 1.82) is 0 Å². The van der Waals surface area contributed by atoms with Gasteiger partial charge in [-0.2, -0.15) is 0 Å². The maximum atomic E-state index is 5.32. The van der Waals surface area contributed by atoms with Crippen LogP contribution in [0, 0.1) is 0 Å². The highest BCUT2D eigenvalue weighted by atomic mass is 127. The number of allylic oxidation sites excluding steroid dienone is 1. The summed E-state index contributed by atoms with van der Waals surface area (Å²) in [5, 5.41) is 6.54. The maximum absolute atomic E-state index is 5.32. The molecule has 0 amide bonds. The summed E-state index contributed by atoms with van der Waals surface area (Å²) in [4.78, 5) is 6.63. The van der Waals surface area contributed by atoms with Gasteiger partial charge in [0.1, 0.15) is 5.37 Å². The Morgan fingerprint density at radius 3 is 2.11 bits per heavy atom. The van der Waals surface area contributed by atoms with Crippen molar-refractivity contribution in [3.8, 4) is 0 Å². The number of aliphatic imine (C=N–C) groups is 1. The first kappa shape index (κ1) is 23.7. The molecular formula is C34H25IN2S. The van der Waals surface area contributed by atoms with Crippen LogP contribution in [0.3, 0.4) is 0 Å². The molecule has 2 aliphatic rings. The number of rotatable bonds is 4. The molecule has 38 heavy (non-hydrogen) atoms. The Morgan fingerprint density at radius 2 is 1.37 bits per heavy atom. The molecule has 5 aromatic rings. The fourth-order valence-corrected chi connectivity index (χ4v) is 7.63. The summed E-state index contributed by atoms with van der Waals surface area (Å²) >= 11 is 4.48. The molecular weight excluding hydrogens is 595 g/mol. The Labute approximate surface area is 241 Å². The molecule has 0 aliphatic carbocycles. The number of fused-ring (bicyclic) bond motifs is 3. The van der Waals surface area contributed by atoms with E-state index in [-0.39, 0.29) is 15.3 Å². The first-order valence-corrected chi connectivity index (χ1v) is 15.0. The lowest BCUT2D eigenvalue weighted by Gasteiger charge is -2.28. The first-order chi connectivity index (χ1) is 18.7. The smallest absolute Gasteiger partial charge is 0.103 e. The van der Waals surface area contributed by atoms with Crippen molar-refractivity contribution < 1.29 is 0 Å². The molecule has 5 aromatic carbocycles. The van der Waals surface area contributed by atoms with Crippen LogP contribution in [0.15, 0.2) is 137 Å². The van der Waals surface area contributed by atoms with E-state index in [1.807, 2.05) is 11.8 Å². The zero-order valence-corrected chi connectivity index (χ0v) is 23.6. The first-order valence-electron chi connectivity index (χ1n) is 12.8. The molecule has 0 saturated carbocycles. The van der Waals surface area contributed by atoms with E-state index in [4.69, 9.17) is 4.99 Å². The number of dihydropyridines is 1.